The Balaban J connectivity index is 1.91. The van der Waals surface area contributed by atoms with Crippen molar-refractivity contribution in [3.8, 4) is 11.5 Å². The minimum Gasteiger partial charge on any atom is -0.497 e. The van der Waals surface area contributed by atoms with E-state index in [-0.39, 0.29) is 24.9 Å². The Hall–Kier alpha value is -2.57. The van der Waals surface area contributed by atoms with Gasteiger partial charge in [-0.3, -0.25) is 4.79 Å². The summed E-state index contributed by atoms with van der Waals surface area (Å²) < 4.78 is 10.4. The zero-order valence-corrected chi connectivity index (χ0v) is 14.4. The second kappa shape index (κ2) is 9.05. The van der Waals surface area contributed by atoms with E-state index in [1.54, 1.807) is 18.2 Å². The molecule has 6 nitrogen and oxygen atoms in total. The highest BCUT2D eigenvalue weighted by atomic mass is 16.5. The van der Waals surface area contributed by atoms with Gasteiger partial charge in [-0.05, 0) is 23.3 Å². The molecule has 0 bridgehead atoms. The van der Waals surface area contributed by atoms with Crippen LogP contribution in [0.25, 0.3) is 0 Å². The summed E-state index contributed by atoms with van der Waals surface area (Å²) in [6.07, 6.45) is -0.723. The molecule has 2 unspecified atom stereocenters. The highest BCUT2D eigenvalue weighted by Gasteiger charge is 2.15. The van der Waals surface area contributed by atoms with Crippen LogP contribution in [0.2, 0.25) is 0 Å². The minimum atomic E-state index is -0.874. The van der Waals surface area contributed by atoms with Gasteiger partial charge < -0.3 is 25.6 Å². The van der Waals surface area contributed by atoms with Gasteiger partial charge in [0.2, 0.25) is 5.91 Å². The average molecular weight is 344 g/mol. The number of benzene rings is 2. The first-order valence-corrected chi connectivity index (χ1v) is 8.01. The number of hydrogen-bond acceptors (Lipinski definition) is 5. The summed E-state index contributed by atoms with van der Waals surface area (Å²) >= 11 is 0. The molecule has 0 aromatic heterocycles. The van der Waals surface area contributed by atoms with E-state index in [0.29, 0.717) is 17.1 Å². The summed E-state index contributed by atoms with van der Waals surface area (Å²) in [6, 6.07) is 14.2. The van der Waals surface area contributed by atoms with Crippen molar-refractivity contribution < 1.29 is 19.4 Å². The molecule has 0 aliphatic rings. The van der Waals surface area contributed by atoms with E-state index < -0.39 is 6.10 Å². The van der Waals surface area contributed by atoms with Gasteiger partial charge in [0.15, 0.2) is 0 Å². The van der Waals surface area contributed by atoms with E-state index in [9.17, 15) is 9.90 Å². The van der Waals surface area contributed by atoms with Crippen molar-refractivity contribution in [3.05, 3.63) is 59.7 Å². The highest BCUT2D eigenvalue weighted by Crippen LogP contribution is 2.26. The Labute approximate surface area is 147 Å². The quantitative estimate of drug-likeness (QED) is 0.680. The van der Waals surface area contributed by atoms with Crippen molar-refractivity contribution in [3.63, 3.8) is 0 Å². The molecular weight excluding hydrogens is 320 g/mol. The van der Waals surface area contributed by atoms with Crippen LogP contribution in [-0.2, 0) is 4.79 Å². The van der Waals surface area contributed by atoms with Gasteiger partial charge in [0.1, 0.15) is 11.5 Å². The third-order valence-corrected chi connectivity index (χ3v) is 3.88. The number of methoxy groups -OCH3 is 2. The summed E-state index contributed by atoms with van der Waals surface area (Å²) in [5, 5.41) is 13.0. The molecule has 2 atom stereocenters. The molecule has 6 heteroatoms. The van der Waals surface area contributed by atoms with Gasteiger partial charge in [-0.25, -0.2) is 0 Å². The third-order valence-electron chi connectivity index (χ3n) is 3.88. The number of carbonyl (C=O) groups excluding carboxylic acids is 1. The molecule has 1 amide bonds. The van der Waals surface area contributed by atoms with Gasteiger partial charge in [0.25, 0.3) is 0 Å². The monoisotopic (exact) mass is 344 g/mol. The lowest BCUT2D eigenvalue weighted by atomic mass is 10.0. The average Bonchev–Trinajstić information content (AvgIpc) is 2.66. The molecule has 0 aliphatic carbocycles. The highest BCUT2D eigenvalue weighted by molar-refractivity contribution is 5.76. The van der Waals surface area contributed by atoms with E-state index in [2.05, 4.69) is 5.32 Å². The molecule has 4 N–H and O–H groups in total. The van der Waals surface area contributed by atoms with Crippen molar-refractivity contribution >= 4 is 5.91 Å². The lowest BCUT2D eigenvalue weighted by molar-refractivity contribution is -0.121. The normalized spacial score (nSPS) is 13.0. The van der Waals surface area contributed by atoms with Crippen LogP contribution in [0.1, 0.15) is 29.7 Å². The van der Waals surface area contributed by atoms with Crippen molar-refractivity contribution in [2.75, 3.05) is 20.8 Å². The topological polar surface area (TPSA) is 93.8 Å². The maximum Gasteiger partial charge on any atom is 0.222 e. The Kier molecular flexibility index (Phi) is 6.80. The van der Waals surface area contributed by atoms with Crippen LogP contribution in [0, 0.1) is 0 Å². The van der Waals surface area contributed by atoms with Gasteiger partial charge in [-0.1, -0.05) is 30.3 Å². The van der Waals surface area contributed by atoms with Crippen molar-refractivity contribution in [1.29, 1.82) is 0 Å². The molecule has 2 aromatic rings. The fourth-order valence-electron chi connectivity index (χ4n) is 2.44. The zero-order valence-electron chi connectivity index (χ0n) is 14.4. The van der Waals surface area contributed by atoms with E-state index >= 15 is 0 Å². The summed E-state index contributed by atoms with van der Waals surface area (Å²) in [5.41, 5.74) is 7.53. The van der Waals surface area contributed by atoms with Crippen LogP contribution in [0.4, 0.5) is 0 Å². The lowest BCUT2D eigenvalue weighted by Gasteiger charge is -2.16. The molecule has 2 rings (SSSR count). The van der Waals surface area contributed by atoms with Crippen LogP contribution < -0.4 is 20.5 Å². The Bertz CT molecular complexity index is 669. The van der Waals surface area contributed by atoms with Crippen LogP contribution in [-0.4, -0.2) is 31.8 Å². The van der Waals surface area contributed by atoms with Crippen LogP contribution in [0.3, 0.4) is 0 Å². The molecular formula is C19H24N2O4. The first kappa shape index (κ1) is 18.8. The molecule has 0 spiro atoms. The predicted octanol–water partition coefficient (Wildman–Crippen LogP) is 1.94. The van der Waals surface area contributed by atoms with E-state index in [1.165, 1.54) is 14.2 Å². The zero-order chi connectivity index (χ0) is 18.2. The molecule has 0 saturated carbocycles. The summed E-state index contributed by atoms with van der Waals surface area (Å²) in [7, 11) is 3.08. The summed E-state index contributed by atoms with van der Waals surface area (Å²) in [5.74, 6) is 0.932. The molecule has 0 radical (unpaired) electrons. The molecule has 0 saturated heterocycles. The van der Waals surface area contributed by atoms with Crippen molar-refractivity contribution in [2.45, 2.75) is 18.6 Å². The Morgan fingerprint density at radius 3 is 2.24 bits per heavy atom. The van der Waals surface area contributed by atoms with Gasteiger partial charge in [0.05, 0.1) is 20.3 Å². The lowest BCUT2D eigenvalue weighted by Crippen LogP contribution is -2.31. The molecule has 0 heterocycles. The van der Waals surface area contributed by atoms with Crippen LogP contribution in [0.15, 0.2) is 48.5 Å². The van der Waals surface area contributed by atoms with Gasteiger partial charge in [0, 0.05) is 25.1 Å². The number of ether oxygens (including phenoxy) is 2. The number of nitrogens with one attached hydrogen (secondary N) is 1. The van der Waals surface area contributed by atoms with E-state index in [1.807, 2.05) is 30.3 Å². The Morgan fingerprint density at radius 2 is 1.68 bits per heavy atom. The summed E-state index contributed by atoms with van der Waals surface area (Å²) in [6.45, 7) is 0.0800. The first-order chi connectivity index (χ1) is 12.0. The number of nitrogens with two attached hydrogens (primary N) is 1. The number of amides is 1. The van der Waals surface area contributed by atoms with Crippen molar-refractivity contribution in [1.82, 2.24) is 5.32 Å². The van der Waals surface area contributed by atoms with Gasteiger partial charge >= 0.3 is 0 Å². The standard InChI is InChI=1S/C19H24N2O4/c1-24-15-8-14(9-16(10-15)25-2)18(22)12-21-19(23)11-17(20)13-6-4-3-5-7-13/h3-10,17-18,22H,11-12,20H2,1-2H3,(H,21,23). The van der Waals surface area contributed by atoms with E-state index in [0.717, 1.165) is 5.56 Å². The smallest absolute Gasteiger partial charge is 0.222 e. The van der Waals surface area contributed by atoms with E-state index in [4.69, 9.17) is 15.2 Å². The molecule has 0 aliphatic heterocycles. The molecule has 0 fully saturated rings. The second-order valence-corrected chi connectivity index (χ2v) is 5.69. The first-order valence-electron chi connectivity index (χ1n) is 8.01. The van der Waals surface area contributed by atoms with Crippen molar-refractivity contribution in [2.24, 2.45) is 5.73 Å². The number of aliphatic hydroxyl groups is 1. The fraction of sp³-hybridized carbons (Fsp3) is 0.316. The van der Waals surface area contributed by atoms with Gasteiger partial charge in [-0.2, -0.15) is 0 Å². The predicted molar refractivity (Wildman–Crippen MR) is 95.5 cm³/mol. The SMILES string of the molecule is COc1cc(OC)cc(C(O)CNC(=O)CC(N)c2ccccc2)c1. The molecule has 25 heavy (non-hydrogen) atoms. The largest absolute Gasteiger partial charge is 0.497 e. The maximum atomic E-state index is 12.1. The number of aliphatic hydroxyl groups excluding tert-OH is 1. The summed E-state index contributed by atoms with van der Waals surface area (Å²) in [4.78, 5) is 12.1. The second-order valence-electron chi connectivity index (χ2n) is 5.69. The molecule has 2 aromatic carbocycles. The minimum absolute atomic E-state index is 0.0800. The van der Waals surface area contributed by atoms with Crippen LogP contribution in [0.5, 0.6) is 11.5 Å². The Morgan fingerprint density at radius 1 is 1.08 bits per heavy atom. The fourth-order valence-corrected chi connectivity index (χ4v) is 2.44. The number of rotatable bonds is 8. The molecule has 134 valence electrons. The third kappa shape index (κ3) is 5.48. The number of carbonyl (C=O) groups is 1. The number of hydrogen-bond donors (Lipinski definition) is 3. The van der Waals surface area contributed by atoms with Gasteiger partial charge in [-0.15, -0.1) is 0 Å². The van der Waals surface area contributed by atoms with Crippen LogP contribution >= 0.6 is 0 Å². The maximum absolute atomic E-state index is 12.1.